The van der Waals surface area contributed by atoms with Crippen LogP contribution in [0.1, 0.15) is 55.8 Å². The first-order valence-electron chi connectivity index (χ1n) is 17.5. The van der Waals surface area contributed by atoms with Crippen molar-refractivity contribution < 1.29 is 13.6 Å². The number of benzene rings is 4. The van der Waals surface area contributed by atoms with Gasteiger partial charge >= 0.3 is 0 Å². The third-order valence-electron chi connectivity index (χ3n) is 11.0. The van der Waals surface area contributed by atoms with E-state index in [-0.39, 0.29) is 12.1 Å². The number of aryl methyl sites for hydroxylation is 1. The first-order valence-corrected chi connectivity index (χ1v) is 21.0. The van der Waals surface area contributed by atoms with E-state index in [2.05, 4.69) is 150 Å². The summed E-state index contributed by atoms with van der Waals surface area (Å²) < 4.78 is 14.5. The Labute approximate surface area is 283 Å². The molecule has 0 amide bonds. The van der Waals surface area contributed by atoms with Gasteiger partial charge in [-0.05, 0) is 62.1 Å². The molecule has 2 atom stereocenters. The number of allylic oxidation sites excluding steroid dienone is 1. The summed E-state index contributed by atoms with van der Waals surface area (Å²) in [6.07, 6.45) is 5.34. The maximum atomic E-state index is 6.84. The van der Waals surface area contributed by atoms with Gasteiger partial charge in [0.2, 0.25) is 5.69 Å². The molecule has 0 fully saturated rings. The zero-order valence-electron chi connectivity index (χ0n) is 28.6. The maximum Gasteiger partial charge on any atom is 0.299 e. The zero-order valence-corrected chi connectivity index (χ0v) is 29.6. The molecule has 0 N–H and O–H groups in total. The van der Waals surface area contributed by atoms with Crippen molar-refractivity contribution >= 4 is 51.9 Å². The van der Waals surface area contributed by atoms with Gasteiger partial charge in [0.05, 0.1) is 20.5 Å². The van der Waals surface area contributed by atoms with Crippen LogP contribution in [0.5, 0.6) is 0 Å². The summed E-state index contributed by atoms with van der Waals surface area (Å²) in [5.41, 5.74) is 12.1. The minimum absolute atomic E-state index is 0.234. The third kappa shape index (κ3) is 4.26. The molecule has 48 heavy (non-hydrogen) atoms. The number of furan rings is 1. The molecule has 0 aliphatic carbocycles. The van der Waals surface area contributed by atoms with E-state index in [9.17, 15) is 0 Å². The number of rotatable bonds is 2. The molecule has 0 spiro atoms. The van der Waals surface area contributed by atoms with Gasteiger partial charge in [0.15, 0.2) is 28.9 Å². The molecule has 7 aromatic rings. The van der Waals surface area contributed by atoms with Gasteiger partial charge in [0, 0.05) is 33.5 Å². The van der Waals surface area contributed by atoms with E-state index in [4.69, 9.17) is 11.0 Å². The Kier molecular flexibility index (Phi) is 6.51. The summed E-state index contributed by atoms with van der Waals surface area (Å²) in [7, 11) is -1.55. The Bertz CT molecular complexity index is 2440. The third-order valence-corrected chi connectivity index (χ3v) is 13.0. The highest BCUT2D eigenvalue weighted by Crippen LogP contribution is 2.46. The number of imidazole rings is 1. The zero-order chi connectivity index (χ0) is 32.9. The van der Waals surface area contributed by atoms with Crippen LogP contribution in [0.15, 0.2) is 114 Å². The van der Waals surface area contributed by atoms with E-state index in [1.54, 1.807) is 0 Å². The van der Waals surface area contributed by atoms with E-state index in [0.717, 1.165) is 41.5 Å². The van der Waals surface area contributed by atoms with Gasteiger partial charge < -0.3 is 4.42 Å². The Balaban J connectivity index is 1.36. The first-order chi connectivity index (χ1) is 23.2. The topological polar surface area (TPSA) is 25.8 Å². The number of hydrogen-bond acceptors (Lipinski definition) is 1. The van der Waals surface area contributed by atoms with E-state index in [0.29, 0.717) is 5.92 Å². The van der Waals surface area contributed by atoms with Crippen LogP contribution in [0.4, 0.5) is 0 Å². The predicted octanol–water partition coefficient (Wildman–Crippen LogP) is 9.72. The molecule has 4 nitrogen and oxygen atoms in total. The van der Waals surface area contributed by atoms with Gasteiger partial charge in [-0.2, -0.15) is 9.13 Å². The quantitative estimate of drug-likeness (QED) is 0.136. The van der Waals surface area contributed by atoms with Gasteiger partial charge in [-0.1, -0.05) is 93.0 Å². The van der Waals surface area contributed by atoms with Crippen LogP contribution in [0, 0.1) is 0 Å². The summed E-state index contributed by atoms with van der Waals surface area (Å²) in [6, 6.07) is 36.4. The fourth-order valence-corrected chi connectivity index (χ4v) is 9.81. The molecular formula is C43H43N3OSi+2. The molecule has 9 rings (SSSR count). The molecule has 0 radical (unpaired) electrons. The van der Waals surface area contributed by atoms with Gasteiger partial charge in [0.25, 0.3) is 5.82 Å². The second kappa shape index (κ2) is 10.6. The van der Waals surface area contributed by atoms with E-state index < -0.39 is 8.07 Å². The lowest BCUT2D eigenvalue weighted by Gasteiger charge is -2.32. The molecule has 2 aliphatic heterocycles. The summed E-state index contributed by atoms with van der Waals surface area (Å²) in [6.45, 7) is 16.9. The Hall–Kier alpha value is -4.74. The highest BCUT2D eigenvalue weighted by molar-refractivity contribution is 6.88. The van der Waals surface area contributed by atoms with Crippen molar-refractivity contribution in [1.29, 1.82) is 0 Å². The average Bonchev–Trinajstić information content (AvgIpc) is 3.63. The molecule has 3 aromatic heterocycles. The fourth-order valence-electron chi connectivity index (χ4n) is 8.70. The van der Waals surface area contributed by atoms with Gasteiger partial charge in [0.1, 0.15) is 16.8 Å². The molecule has 0 saturated carbocycles. The molecule has 2 aliphatic rings. The molecule has 2 unspecified atom stereocenters. The number of aromatic nitrogens is 3. The Morgan fingerprint density at radius 3 is 2.46 bits per heavy atom. The smallest absolute Gasteiger partial charge is 0.299 e. The molecule has 0 bridgehead atoms. The first kappa shape index (κ1) is 29.4. The number of nitrogens with zero attached hydrogens (tertiary/aromatic N) is 3. The molecule has 0 saturated heterocycles. The van der Waals surface area contributed by atoms with Crippen LogP contribution in [0.2, 0.25) is 19.6 Å². The molecule has 5 heterocycles. The van der Waals surface area contributed by atoms with Crippen molar-refractivity contribution in [2.75, 3.05) is 0 Å². The van der Waals surface area contributed by atoms with Crippen molar-refractivity contribution in [3.8, 4) is 22.6 Å². The van der Waals surface area contributed by atoms with Crippen molar-refractivity contribution in [3.05, 3.63) is 121 Å². The largest absolute Gasteiger partial charge is 0.455 e. The summed E-state index contributed by atoms with van der Waals surface area (Å²) in [5, 5.41) is 3.83. The van der Waals surface area contributed by atoms with Crippen LogP contribution in [-0.4, -0.2) is 12.6 Å². The summed E-state index contributed by atoms with van der Waals surface area (Å²) in [4.78, 5) is 0. The minimum atomic E-state index is -1.55. The average molecular weight is 646 g/mol. The van der Waals surface area contributed by atoms with E-state index in [1.807, 2.05) is 0 Å². The van der Waals surface area contributed by atoms with Crippen molar-refractivity contribution in [1.82, 2.24) is 4.57 Å². The SMILES string of the molecule is C=C1CC2C(CCc3ccc4c(oc5ccccc54)c3-c3n(C(C)C)c4ccccc4[n+]31)c1ccccc1-c1ccc([Si](C)(C)C)c[n+]12. The number of pyridine rings is 1. The molecular weight excluding hydrogens is 603 g/mol. The minimum Gasteiger partial charge on any atom is -0.455 e. The lowest BCUT2D eigenvalue weighted by atomic mass is 9.77. The predicted molar refractivity (Wildman–Crippen MR) is 200 cm³/mol. The van der Waals surface area contributed by atoms with Gasteiger partial charge in [-0.25, -0.2) is 4.57 Å². The second-order valence-corrected chi connectivity index (χ2v) is 20.3. The highest BCUT2D eigenvalue weighted by Gasteiger charge is 2.44. The van der Waals surface area contributed by atoms with Crippen molar-refractivity contribution in [2.24, 2.45) is 0 Å². The fraction of sp³-hybridized carbons (Fsp3) is 0.256. The standard InChI is InChI=1S/C43H43N3OSi/c1-27(2)45-37-16-10-11-17-38(37)46-28(3)25-39-33(31-13-7-8-14-32(31)36-24-21-30(26-44(36)39)48(4,5)6)22-19-29-20-23-35-34-15-9-12-18-40(34)47-42(35)41(29)43(45)46/h7-18,20-21,23-24,26-27,33,39H,3,19,22,25H2,1-2,4-6H3/q+2. The summed E-state index contributed by atoms with van der Waals surface area (Å²) in [5.74, 6) is 1.51. The van der Waals surface area contributed by atoms with Crippen LogP contribution >= 0.6 is 0 Å². The van der Waals surface area contributed by atoms with Gasteiger partial charge in [-0.15, -0.1) is 0 Å². The number of para-hydroxylation sites is 3. The number of hydrogen-bond donors (Lipinski definition) is 0. The van der Waals surface area contributed by atoms with Crippen LogP contribution in [-0.2, 0) is 6.42 Å². The summed E-state index contributed by atoms with van der Waals surface area (Å²) >= 11 is 0. The van der Waals surface area contributed by atoms with Gasteiger partial charge in [-0.3, -0.25) is 0 Å². The van der Waals surface area contributed by atoms with Crippen LogP contribution in [0.3, 0.4) is 0 Å². The Morgan fingerprint density at radius 1 is 0.854 bits per heavy atom. The van der Waals surface area contributed by atoms with Crippen molar-refractivity contribution in [3.63, 3.8) is 0 Å². The maximum absolute atomic E-state index is 6.84. The van der Waals surface area contributed by atoms with Crippen molar-refractivity contribution in [2.45, 2.75) is 70.8 Å². The lowest BCUT2D eigenvalue weighted by Crippen LogP contribution is -2.53. The van der Waals surface area contributed by atoms with Crippen LogP contribution < -0.4 is 14.3 Å². The second-order valence-electron chi connectivity index (χ2n) is 15.2. The number of fused-ring (bicyclic) bond motifs is 15. The Morgan fingerprint density at radius 2 is 1.62 bits per heavy atom. The normalized spacial score (nSPS) is 17.7. The van der Waals surface area contributed by atoms with E-state index in [1.165, 1.54) is 55.4 Å². The molecule has 4 aromatic carbocycles. The van der Waals surface area contributed by atoms with E-state index >= 15 is 0 Å². The van der Waals surface area contributed by atoms with Crippen LogP contribution in [0.25, 0.3) is 61.3 Å². The molecule has 238 valence electrons. The lowest BCUT2D eigenvalue weighted by molar-refractivity contribution is -0.719. The monoisotopic (exact) mass is 645 g/mol. The molecule has 5 heteroatoms. The highest BCUT2D eigenvalue weighted by atomic mass is 28.3.